The lowest BCUT2D eigenvalue weighted by molar-refractivity contribution is 0.263. The number of hydrogen-bond acceptors (Lipinski definition) is 6. The summed E-state index contributed by atoms with van der Waals surface area (Å²) in [5.74, 6) is 0.365. The molecular weight excluding hydrogens is 212 g/mol. The number of imidazole rings is 1. The second kappa shape index (κ2) is 4.73. The van der Waals surface area contributed by atoms with Crippen LogP contribution in [-0.4, -0.2) is 44.9 Å². The van der Waals surface area contributed by atoms with Crippen molar-refractivity contribution < 1.29 is 5.11 Å². The summed E-state index contributed by atoms with van der Waals surface area (Å²) in [6.07, 6.45) is 1.42. The molecule has 2 rings (SSSR count). The lowest BCUT2D eigenvalue weighted by atomic mass is 10.5. The number of aliphatic hydroxyl groups excluding tert-OH is 1. The standard InChI is InChI=1S/C8H12N6O2/c15-4-9-1-2-10-8-13-6-5(7(16)14-8)11-3-12-6/h3,9,15H,1-2,4H2,(H3,10,11,12,13,14,16). The van der Waals surface area contributed by atoms with E-state index in [0.717, 1.165) is 0 Å². The van der Waals surface area contributed by atoms with Gasteiger partial charge in [0.15, 0.2) is 11.2 Å². The smallest absolute Gasteiger partial charge is 0.278 e. The molecule has 0 amide bonds. The van der Waals surface area contributed by atoms with Crippen molar-refractivity contribution >= 4 is 17.1 Å². The predicted molar refractivity (Wildman–Crippen MR) is 58.1 cm³/mol. The van der Waals surface area contributed by atoms with E-state index in [9.17, 15) is 4.79 Å². The van der Waals surface area contributed by atoms with Crippen molar-refractivity contribution in [2.45, 2.75) is 0 Å². The van der Waals surface area contributed by atoms with Crippen molar-refractivity contribution in [3.8, 4) is 0 Å². The monoisotopic (exact) mass is 224 g/mol. The summed E-state index contributed by atoms with van der Waals surface area (Å²) in [6.45, 7) is 1.03. The molecule has 0 bridgehead atoms. The highest BCUT2D eigenvalue weighted by atomic mass is 16.3. The van der Waals surface area contributed by atoms with E-state index in [-0.39, 0.29) is 12.3 Å². The van der Waals surface area contributed by atoms with Crippen molar-refractivity contribution in [2.24, 2.45) is 0 Å². The zero-order chi connectivity index (χ0) is 11.4. The molecule has 0 unspecified atom stereocenters. The first-order valence-corrected chi connectivity index (χ1v) is 4.80. The number of H-pyrrole nitrogens is 2. The largest absolute Gasteiger partial charge is 0.381 e. The topological polar surface area (TPSA) is 119 Å². The third-order valence-corrected chi connectivity index (χ3v) is 2.00. The molecule has 86 valence electrons. The molecule has 0 aromatic carbocycles. The van der Waals surface area contributed by atoms with Crippen molar-refractivity contribution in [1.29, 1.82) is 0 Å². The Bertz CT molecular complexity index is 518. The number of nitrogens with one attached hydrogen (secondary N) is 4. The van der Waals surface area contributed by atoms with Crippen LogP contribution < -0.4 is 16.2 Å². The minimum atomic E-state index is -0.264. The number of hydrogen-bond donors (Lipinski definition) is 5. The van der Waals surface area contributed by atoms with E-state index >= 15 is 0 Å². The van der Waals surface area contributed by atoms with Crippen molar-refractivity contribution in [2.75, 3.05) is 25.1 Å². The summed E-state index contributed by atoms with van der Waals surface area (Å²) in [7, 11) is 0. The van der Waals surface area contributed by atoms with E-state index in [1.54, 1.807) is 0 Å². The maximum Gasteiger partial charge on any atom is 0.278 e. The van der Waals surface area contributed by atoms with Crippen LogP contribution in [0, 0.1) is 0 Å². The molecule has 5 N–H and O–H groups in total. The Labute approximate surface area is 90.1 Å². The fourth-order valence-electron chi connectivity index (χ4n) is 1.27. The average Bonchev–Trinajstić information content (AvgIpc) is 2.73. The van der Waals surface area contributed by atoms with Crippen LogP contribution in [0.2, 0.25) is 0 Å². The number of fused-ring (bicyclic) bond motifs is 1. The lowest BCUT2D eigenvalue weighted by Gasteiger charge is -2.04. The highest BCUT2D eigenvalue weighted by molar-refractivity contribution is 5.69. The quantitative estimate of drug-likeness (QED) is 0.315. The van der Waals surface area contributed by atoms with Gasteiger partial charge in [0.2, 0.25) is 5.95 Å². The molecule has 0 aliphatic carbocycles. The number of anilines is 1. The van der Waals surface area contributed by atoms with E-state index in [1.807, 2.05) is 0 Å². The molecule has 8 heteroatoms. The Morgan fingerprint density at radius 3 is 3.12 bits per heavy atom. The van der Waals surface area contributed by atoms with Gasteiger partial charge in [-0.1, -0.05) is 0 Å². The Morgan fingerprint density at radius 1 is 1.44 bits per heavy atom. The first kappa shape index (κ1) is 10.6. The maximum atomic E-state index is 11.5. The third-order valence-electron chi connectivity index (χ3n) is 2.00. The Morgan fingerprint density at radius 2 is 2.31 bits per heavy atom. The summed E-state index contributed by atoms with van der Waals surface area (Å²) in [4.78, 5) is 24.8. The molecular formula is C8H12N6O2. The van der Waals surface area contributed by atoms with Gasteiger partial charge in [0.1, 0.15) is 0 Å². The van der Waals surface area contributed by atoms with Gasteiger partial charge in [-0.05, 0) is 0 Å². The highest BCUT2D eigenvalue weighted by Gasteiger charge is 2.04. The fourth-order valence-corrected chi connectivity index (χ4v) is 1.27. The third kappa shape index (κ3) is 2.18. The van der Waals surface area contributed by atoms with Crippen LogP contribution in [0.25, 0.3) is 11.2 Å². The molecule has 0 radical (unpaired) electrons. The van der Waals surface area contributed by atoms with Crippen LogP contribution >= 0.6 is 0 Å². The lowest BCUT2D eigenvalue weighted by Crippen LogP contribution is -2.24. The van der Waals surface area contributed by atoms with Crippen LogP contribution in [0.4, 0.5) is 5.95 Å². The minimum Gasteiger partial charge on any atom is -0.381 e. The molecule has 2 aromatic rings. The van der Waals surface area contributed by atoms with Crippen LogP contribution in [-0.2, 0) is 0 Å². The van der Waals surface area contributed by atoms with Gasteiger partial charge in [-0.25, -0.2) is 4.98 Å². The van der Waals surface area contributed by atoms with Crippen molar-refractivity contribution in [3.63, 3.8) is 0 Å². The summed E-state index contributed by atoms with van der Waals surface area (Å²) in [5, 5.41) is 14.1. The zero-order valence-corrected chi connectivity index (χ0v) is 8.45. The number of aliphatic hydroxyl groups is 1. The number of rotatable bonds is 5. The molecule has 8 nitrogen and oxygen atoms in total. The zero-order valence-electron chi connectivity index (χ0n) is 8.45. The molecule has 2 aromatic heterocycles. The summed E-state index contributed by atoms with van der Waals surface area (Å²) in [5.41, 5.74) is 0.473. The van der Waals surface area contributed by atoms with Gasteiger partial charge in [-0.2, -0.15) is 4.98 Å². The van der Waals surface area contributed by atoms with E-state index in [1.165, 1.54) is 6.33 Å². The second-order valence-electron chi connectivity index (χ2n) is 3.10. The van der Waals surface area contributed by atoms with Crippen LogP contribution in [0.5, 0.6) is 0 Å². The molecule has 0 saturated heterocycles. The van der Waals surface area contributed by atoms with Crippen LogP contribution in [0.1, 0.15) is 0 Å². The number of nitrogens with zero attached hydrogens (tertiary/aromatic N) is 2. The Kier molecular flexibility index (Phi) is 3.13. The Hall–Kier alpha value is -1.93. The number of aromatic amines is 2. The SMILES string of the molecule is O=c1[nH]c(NCCNCO)nc2nc[nH]c12. The van der Waals surface area contributed by atoms with Crippen LogP contribution in [0.15, 0.2) is 11.1 Å². The van der Waals surface area contributed by atoms with Gasteiger partial charge in [-0.15, -0.1) is 0 Å². The molecule has 2 heterocycles. The first-order valence-electron chi connectivity index (χ1n) is 4.80. The van der Waals surface area contributed by atoms with Gasteiger partial charge in [0, 0.05) is 13.1 Å². The molecule has 0 aliphatic heterocycles. The van der Waals surface area contributed by atoms with Crippen LogP contribution in [0.3, 0.4) is 0 Å². The fraction of sp³-hybridized carbons (Fsp3) is 0.375. The summed E-state index contributed by atoms with van der Waals surface area (Å²) >= 11 is 0. The van der Waals surface area contributed by atoms with Crippen molar-refractivity contribution in [3.05, 3.63) is 16.7 Å². The Balaban J connectivity index is 2.10. The van der Waals surface area contributed by atoms with E-state index < -0.39 is 0 Å². The highest BCUT2D eigenvalue weighted by Crippen LogP contribution is 2.01. The van der Waals surface area contributed by atoms with Gasteiger partial charge < -0.3 is 15.4 Å². The molecule has 16 heavy (non-hydrogen) atoms. The molecule has 0 aliphatic rings. The molecule has 0 spiro atoms. The van der Waals surface area contributed by atoms with Gasteiger partial charge in [0.05, 0.1) is 13.1 Å². The predicted octanol–water partition coefficient (Wildman–Crippen LogP) is -1.40. The van der Waals surface area contributed by atoms with Crippen molar-refractivity contribution in [1.82, 2.24) is 25.3 Å². The van der Waals surface area contributed by atoms with Gasteiger partial charge in [0.25, 0.3) is 5.56 Å². The molecule has 0 atom stereocenters. The van der Waals surface area contributed by atoms with E-state index in [0.29, 0.717) is 30.2 Å². The molecule has 0 fully saturated rings. The minimum absolute atomic E-state index is 0.0793. The first-order chi connectivity index (χ1) is 7.81. The summed E-state index contributed by atoms with van der Waals surface area (Å²) in [6, 6.07) is 0. The van der Waals surface area contributed by atoms with Gasteiger partial charge >= 0.3 is 0 Å². The van der Waals surface area contributed by atoms with Gasteiger partial charge in [-0.3, -0.25) is 15.1 Å². The number of aromatic nitrogens is 4. The van der Waals surface area contributed by atoms with E-state index in [2.05, 4.69) is 30.6 Å². The second-order valence-corrected chi connectivity index (χ2v) is 3.10. The maximum absolute atomic E-state index is 11.5. The molecule has 0 saturated carbocycles. The summed E-state index contributed by atoms with van der Waals surface area (Å²) < 4.78 is 0. The average molecular weight is 224 g/mol. The van der Waals surface area contributed by atoms with E-state index in [4.69, 9.17) is 5.11 Å². The normalized spacial score (nSPS) is 10.8.